The van der Waals surface area contributed by atoms with Gasteiger partial charge >= 0.3 is 0 Å². The Hall–Kier alpha value is -0.740. The van der Waals surface area contributed by atoms with Crippen LogP contribution in [0.3, 0.4) is 0 Å². The average molecular weight is 343 g/mol. The Labute approximate surface area is 127 Å². The SMILES string of the molecule is CCOC1(C(=O)c2cc(Br)ccc2F)CCCC(C)C1. The maximum atomic E-state index is 14.0. The van der Waals surface area contributed by atoms with Crippen molar-refractivity contribution in [3.8, 4) is 0 Å². The van der Waals surface area contributed by atoms with E-state index in [9.17, 15) is 9.18 Å². The van der Waals surface area contributed by atoms with E-state index >= 15 is 0 Å². The van der Waals surface area contributed by atoms with Crippen molar-refractivity contribution >= 4 is 21.7 Å². The number of rotatable bonds is 4. The molecular formula is C16H20BrFO2. The quantitative estimate of drug-likeness (QED) is 0.737. The number of carbonyl (C=O) groups is 1. The van der Waals surface area contributed by atoms with Crippen LogP contribution in [-0.4, -0.2) is 18.0 Å². The molecule has 1 aliphatic carbocycles. The Bertz CT molecular complexity index is 499. The number of hydrogen-bond acceptors (Lipinski definition) is 2. The third-order valence-electron chi connectivity index (χ3n) is 3.96. The van der Waals surface area contributed by atoms with Gasteiger partial charge in [-0.3, -0.25) is 4.79 Å². The van der Waals surface area contributed by atoms with Gasteiger partial charge in [0.05, 0.1) is 5.56 Å². The van der Waals surface area contributed by atoms with E-state index in [-0.39, 0.29) is 11.3 Å². The highest BCUT2D eigenvalue weighted by Gasteiger charge is 2.43. The molecule has 2 nitrogen and oxygen atoms in total. The smallest absolute Gasteiger partial charge is 0.197 e. The molecule has 110 valence electrons. The molecule has 0 amide bonds. The zero-order valence-electron chi connectivity index (χ0n) is 11.9. The van der Waals surface area contributed by atoms with Crippen molar-refractivity contribution < 1.29 is 13.9 Å². The van der Waals surface area contributed by atoms with Crippen molar-refractivity contribution in [1.29, 1.82) is 0 Å². The Kier molecular flexibility index (Phi) is 4.97. The Morgan fingerprint density at radius 3 is 2.95 bits per heavy atom. The first kappa shape index (κ1) is 15.6. The van der Waals surface area contributed by atoms with Crippen LogP contribution in [-0.2, 0) is 4.74 Å². The highest BCUT2D eigenvalue weighted by molar-refractivity contribution is 9.10. The molecule has 1 aliphatic rings. The highest BCUT2D eigenvalue weighted by atomic mass is 79.9. The number of Topliss-reactive ketones (excluding diaryl/α,β-unsaturated/α-hetero) is 1. The fraction of sp³-hybridized carbons (Fsp3) is 0.562. The predicted octanol–water partition coefficient (Wildman–Crippen LogP) is 4.76. The Balaban J connectivity index is 2.38. The van der Waals surface area contributed by atoms with Gasteiger partial charge in [-0.05, 0) is 50.3 Å². The van der Waals surface area contributed by atoms with E-state index in [2.05, 4.69) is 22.9 Å². The second-order valence-corrected chi connectivity index (χ2v) is 6.50. The summed E-state index contributed by atoms with van der Waals surface area (Å²) in [6.45, 7) is 4.47. The van der Waals surface area contributed by atoms with Gasteiger partial charge in [-0.25, -0.2) is 4.39 Å². The van der Waals surface area contributed by atoms with Gasteiger partial charge in [0.15, 0.2) is 5.78 Å². The molecule has 0 heterocycles. The maximum absolute atomic E-state index is 14.0. The number of ketones is 1. The van der Waals surface area contributed by atoms with E-state index < -0.39 is 11.4 Å². The van der Waals surface area contributed by atoms with E-state index in [1.165, 1.54) is 6.07 Å². The fourth-order valence-electron chi connectivity index (χ4n) is 3.10. The van der Waals surface area contributed by atoms with E-state index in [1.54, 1.807) is 12.1 Å². The van der Waals surface area contributed by atoms with Crippen LogP contribution in [0.2, 0.25) is 0 Å². The summed E-state index contributed by atoms with van der Waals surface area (Å²) in [7, 11) is 0. The molecule has 1 fully saturated rings. The summed E-state index contributed by atoms with van der Waals surface area (Å²) in [4.78, 5) is 12.8. The molecule has 1 saturated carbocycles. The van der Waals surface area contributed by atoms with Crippen LogP contribution in [0, 0.1) is 11.7 Å². The van der Waals surface area contributed by atoms with Gasteiger partial charge in [0.25, 0.3) is 0 Å². The number of hydrogen-bond donors (Lipinski definition) is 0. The van der Waals surface area contributed by atoms with Gasteiger partial charge in [0.1, 0.15) is 11.4 Å². The van der Waals surface area contributed by atoms with Gasteiger partial charge in [0.2, 0.25) is 0 Å². The predicted molar refractivity (Wildman–Crippen MR) is 80.4 cm³/mol. The van der Waals surface area contributed by atoms with Crippen molar-refractivity contribution in [1.82, 2.24) is 0 Å². The number of halogens is 2. The molecule has 2 atom stereocenters. The first-order chi connectivity index (χ1) is 9.48. The number of ether oxygens (including phenoxy) is 1. The Morgan fingerprint density at radius 2 is 2.30 bits per heavy atom. The lowest BCUT2D eigenvalue weighted by Gasteiger charge is -2.38. The molecule has 0 aliphatic heterocycles. The molecule has 2 unspecified atom stereocenters. The van der Waals surface area contributed by atoms with Gasteiger partial charge in [-0.15, -0.1) is 0 Å². The number of carbonyl (C=O) groups excluding carboxylic acids is 1. The fourth-order valence-corrected chi connectivity index (χ4v) is 3.46. The van der Waals surface area contributed by atoms with Gasteiger partial charge in [-0.2, -0.15) is 0 Å². The van der Waals surface area contributed by atoms with Crippen LogP contribution in [0.5, 0.6) is 0 Å². The lowest BCUT2D eigenvalue weighted by atomic mass is 9.74. The van der Waals surface area contributed by atoms with Crippen molar-refractivity contribution in [3.63, 3.8) is 0 Å². The summed E-state index contributed by atoms with van der Waals surface area (Å²) in [6.07, 6.45) is 3.40. The van der Waals surface area contributed by atoms with E-state index in [0.29, 0.717) is 29.8 Å². The minimum absolute atomic E-state index is 0.127. The van der Waals surface area contributed by atoms with Crippen molar-refractivity contribution in [2.24, 2.45) is 5.92 Å². The van der Waals surface area contributed by atoms with E-state index in [1.807, 2.05) is 6.92 Å². The molecule has 1 aromatic carbocycles. The van der Waals surface area contributed by atoms with Crippen LogP contribution >= 0.6 is 15.9 Å². The van der Waals surface area contributed by atoms with Crippen molar-refractivity contribution in [3.05, 3.63) is 34.1 Å². The topological polar surface area (TPSA) is 26.3 Å². The lowest BCUT2D eigenvalue weighted by molar-refractivity contribution is -0.0513. The zero-order valence-corrected chi connectivity index (χ0v) is 13.5. The minimum Gasteiger partial charge on any atom is -0.367 e. The Morgan fingerprint density at radius 1 is 1.55 bits per heavy atom. The van der Waals surface area contributed by atoms with E-state index in [4.69, 9.17) is 4.74 Å². The maximum Gasteiger partial charge on any atom is 0.197 e. The second kappa shape index (κ2) is 6.35. The summed E-state index contributed by atoms with van der Waals surface area (Å²) in [5.41, 5.74) is -0.726. The summed E-state index contributed by atoms with van der Waals surface area (Å²) < 4.78 is 20.5. The van der Waals surface area contributed by atoms with E-state index in [0.717, 1.165) is 12.8 Å². The van der Waals surface area contributed by atoms with Crippen LogP contribution in [0.25, 0.3) is 0 Å². The summed E-state index contributed by atoms with van der Waals surface area (Å²) in [5, 5.41) is 0. The highest BCUT2D eigenvalue weighted by Crippen LogP contribution is 2.38. The van der Waals surface area contributed by atoms with Gasteiger partial charge in [0, 0.05) is 11.1 Å². The molecule has 0 spiro atoms. The van der Waals surface area contributed by atoms with Gasteiger partial charge in [-0.1, -0.05) is 29.3 Å². The third-order valence-corrected chi connectivity index (χ3v) is 4.46. The largest absolute Gasteiger partial charge is 0.367 e. The van der Waals surface area contributed by atoms with Crippen LogP contribution in [0.15, 0.2) is 22.7 Å². The third kappa shape index (κ3) is 3.12. The monoisotopic (exact) mass is 342 g/mol. The molecular weight excluding hydrogens is 323 g/mol. The molecule has 2 rings (SSSR count). The first-order valence-corrected chi connectivity index (χ1v) is 7.91. The molecule has 4 heteroatoms. The zero-order chi connectivity index (χ0) is 14.8. The normalized spacial score (nSPS) is 26.5. The molecule has 0 saturated heterocycles. The van der Waals surface area contributed by atoms with Crippen LogP contribution in [0.1, 0.15) is 49.9 Å². The molecule has 0 bridgehead atoms. The molecule has 0 radical (unpaired) electrons. The van der Waals surface area contributed by atoms with Crippen molar-refractivity contribution in [2.45, 2.75) is 45.1 Å². The van der Waals surface area contributed by atoms with Crippen LogP contribution < -0.4 is 0 Å². The summed E-state index contributed by atoms with van der Waals surface area (Å²) in [5.74, 6) is -0.269. The summed E-state index contributed by atoms with van der Waals surface area (Å²) >= 11 is 3.30. The lowest BCUT2D eigenvalue weighted by Crippen LogP contribution is -2.45. The minimum atomic E-state index is -0.853. The van der Waals surface area contributed by atoms with Crippen molar-refractivity contribution in [2.75, 3.05) is 6.61 Å². The van der Waals surface area contributed by atoms with Crippen LogP contribution in [0.4, 0.5) is 4.39 Å². The number of benzene rings is 1. The second-order valence-electron chi connectivity index (χ2n) is 5.58. The molecule has 20 heavy (non-hydrogen) atoms. The average Bonchev–Trinajstić information content (AvgIpc) is 2.41. The standard InChI is InChI=1S/C16H20BrFO2/c1-3-20-16(8-4-5-11(2)10-16)15(19)13-9-12(17)6-7-14(13)18/h6-7,9,11H,3-5,8,10H2,1-2H3. The first-order valence-electron chi connectivity index (χ1n) is 7.12. The molecule has 1 aromatic rings. The molecule has 0 aromatic heterocycles. The summed E-state index contributed by atoms with van der Waals surface area (Å²) in [6, 6.07) is 4.48. The molecule has 0 N–H and O–H groups in total. The van der Waals surface area contributed by atoms with Gasteiger partial charge < -0.3 is 4.74 Å².